The molecule has 0 aromatic heterocycles. The molecule has 0 N–H and O–H groups in total. The highest BCUT2D eigenvalue weighted by Crippen LogP contribution is 2.37. The van der Waals surface area contributed by atoms with E-state index in [-0.39, 0.29) is 12.8 Å². The van der Waals surface area contributed by atoms with Crippen molar-refractivity contribution in [2.75, 3.05) is 0 Å². The third-order valence-corrected chi connectivity index (χ3v) is 5.04. The number of carbonyl (C=O) groups is 2. The summed E-state index contributed by atoms with van der Waals surface area (Å²) in [6, 6.07) is 16.4. The van der Waals surface area contributed by atoms with Crippen molar-refractivity contribution in [3.8, 4) is 0 Å². The highest BCUT2D eigenvalue weighted by molar-refractivity contribution is 6.65. The van der Waals surface area contributed by atoms with E-state index in [0.717, 1.165) is 42.4 Å². The van der Waals surface area contributed by atoms with Crippen LogP contribution >= 0.6 is 23.2 Å². The standard InChI is InChI=1S/C22H20Cl2O2/c23-20(25)13-17(14-21(24)26)22-18-11-5-3-9-15(18)7-1-2-8-16-10-4-6-12-19(16)22/h3-6,9-12H,1-2,7-8,13-14H2. The molecular weight excluding hydrogens is 367 g/mol. The lowest BCUT2D eigenvalue weighted by atomic mass is 9.85. The third kappa shape index (κ3) is 4.44. The molecule has 3 rings (SSSR count). The maximum Gasteiger partial charge on any atom is 0.225 e. The molecule has 1 aliphatic rings. The van der Waals surface area contributed by atoms with Crippen LogP contribution in [0.25, 0.3) is 5.57 Å². The van der Waals surface area contributed by atoms with E-state index >= 15 is 0 Å². The van der Waals surface area contributed by atoms with Gasteiger partial charge in [0.15, 0.2) is 0 Å². The summed E-state index contributed by atoms with van der Waals surface area (Å²) in [6.45, 7) is 0. The Labute approximate surface area is 163 Å². The number of hydrogen-bond donors (Lipinski definition) is 0. The van der Waals surface area contributed by atoms with Crippen molar-refractivity contribution in [3.05, 3.63) is 76.4 Å². The Hall–Kier alpha value is -1.90. The molecule has 0 atom stereocenters. The lowest BCUT2D eigenvalue weighted by Crippen LogP contribution is -2.05. The van der Waals surface area contributed by atoms with Crippen molar-refractivity contribution < 1.29 is 9.59 Å². The van der Waals surface area contributed by atoms with Gasteiger partial charge in [0, 0.05) is 12.8 Å². The molecule has 0 saturated carbocycles. The molecule has 2 nitrogen and oxygen atoms in total. The summed E-state index contributed by atoms with van der Waals surface area (Å²) < 4.78 is 0. The largest absolute Gasteiger partial charge is 0.281 e. The average molecular weight is 387 g/mol. The zero-order chi connectivity index (χ0) is 18.5. The Morgan fingerprint density at radius 3 is 1.58 bits per heavy atom. The molecule has 0 radical (unpaired) electrons. The lowest BCUT2D eigenvalue weighted by Gasteiger charge is -2.19. The number of hydrogen-bond acceptors (Lipinski definition) is 2. The Balaban J connectivity index is 2.33. The second kappa shape index (κ2) is 8.66. The van der Waals surface area contributed by atoms with Crippen LogP contribution < -0.4 is 0 Å². The number of benzene rings is 2. The summed E-state index contributed by atoms with van der Waals surface area (Å²) in [5, 5.41) is -0.972. The zero-order valence-electron chi connectivity index (χ0n) is 14.4. The van der Waals surface area contributed by atoms with Gasteiger partial charge in [-0.2, -0.15) is 0 Å². The van der Waals surface area contributed by atoms with E-state index in [1.54, 1.807) is 0 Å². The summed E-state index contributed by atoms with van der Waals surface area (Å²) in [6.07, 6.45) is 4.14. The number of carbonyl (C=O) groups excluding carboxylic acids is 2. The number of aryl methyl sites for hydroxylation is 2. The van der Waals surface area contributed by atoms with E-state index in [9.17, 15) is 9.59 Å². The number of halogens is 2. The third-order valence-electron chi connectivity index (χ3n) is 4.77. The Bertz CT molecular complexity index is 798. The predicted octanol–water partition coefficient (Wildman–Crippen LogP) is 5.68. The molecule has 2 aromatic carbocycles. The van der Waals surface area contributed by atoms with Crippen LogP contribution in [0.15, 0.2) is 54.1 Å². The normalized spacial score (nSPS) is 13.7. The van der Waals surface area contributed by atoms with Crippen LogP contribution in [0.5, 0.6) is 0 Å². The Kier molecular flexibility index (Phi) is 6.29. The summed E-state index contributed by atoms with van der Waals surface area (Å²) in [7, 11) is 0. The van der Waals surface area contributed by atoms with Gasteiger partial charge >= 0.3 is 0 Å². The van der Waals surface area contributed by atoms with E-state index in [4.69, 9.17) is 23.2 Å². The van der Waals surface area contributed by atoms with Crippen molar-refractivity contribution in [1.29, 1.82) is 0 Å². The molecule has 2 aromatic rings. The molecule has 26 heavy (non-hydrogen) atoms. The van der Waals surface area contributed by atoms with Crippen molar-refractivity contribution in [1.82, 2.24) is 0 Å². The van der Waals surface area contributed by atoms with Gasteiger partial charge in [0.1, 0.15) is 0 Å². The van der Waals surface area contributed by atoms with Crippen molar-refractivity contribution >= 4 is 39.3 Å². The minimum absolute atomic E-state index is 0.0119. The summed E-state index contributed by atoms with van der Waals surface area (Å²) in [4.78, 5) is 23.4. The van der Waals surface area contributed by atoms with Crippen molar-refractivity contribution in [3.63, 3.8) is 0 Å². The van der Waals surface area contributed by atoms with Gasteiger partial charge in [0.05, 0.1) is 0 Å². The fraction of sp³-hybridized carbons (Fsp3) is 0.273. The highest BCUT2D eigenvalue weighted by Gasteiger charge is 2.21. The van der Waals surface area contributed by atoms with Gasteiger partial charge in [-0.25, -0.2) is 0 Å². The van der Waals surface area contributed by atoms with Crippen molar-refractivity contribution in [2.24, 2.45) is 0 Å². The van der Waals surface area contributed by atoms with E-state index in [1.165, 1.54) is 11.1 Å². The zero-order valence-corrected chi connectivity index (χ0v) is 15.9. The van der Waals surface area contributed by atoms with Gasteiger partial charge in [-0.3, -0.25) is 9.59 Å². The number of fused-ring (bicyclic) bond motifs is 2. The van der Waals surface area contributed by atoms with Gasteiger partial charge in [-0.15, -0.1) is 0 Å². The molecule has 4 heteroatoms. The van der Waals surface area contributed by atoms with Crippen LogP contribution in [0.3, 0.4) is 0 Å². The number of rotatable bonds is 4. The van der Waals surface area contributed by atoms with Crippen LogP contribution in [0.1, 0.15) is 47.9 Å². The summed E-state index contributed by atoms with van der Waals surface area (Å²) in [5.41, 5.74) is 6.19. The van der Waals surface area contributed by atoms with E-state index in [1.807, 2.05) is 24.3 Å². The second-order valence-corrected chi connectivity index (χ2v) is 7.41. The van der Waals surface area contributed by atoms with Crippen molar-refractivity contribution in [2.45, 2.75) is 38.5 Å². The first-order valence-corrected chi connectivity index (χ1v) is 9.57. The topological polar surface area (TPSA) is 34.1 Å². The highest BCUT2D eigenvalue weighted by atomic mass is 35.5. The molecule has 134 valence electrons. The predicted molar refractivity (Wildman–Crippen MR) is 107 cm³/mol. The smallest absolute Gasteiger partial charge is 0.225 e. The maximum absolute atomic E-state index is 11.7. The first kappa shape index (κ1) is 18.9. The van der Waals surface area contributed by atoms with Gasteiger partial charge < -0.3 is 0 Å². The Morgan fingerprint density at radius 1 is 0.731 bits per heavy atom. The molecule has 0 heterocycles. The van der Waals surface area contributed by atoms with Crippen LogP contribution in [0, 0.1) is 0 Å². The maximum atomic E-state index is 11.7. The first-order valence-electron chi connectivity index (χ1n) is 8.81. The van der Waals surface area contributed by atoms with E-state index in [2.05, 4.69) is 24.3 Å². The quantitative estimate of drug-likeness (QED) is 0.633. The lowest BCUT2D eigenvalue weighted by molar-refractivity contribution is -0.111. The van der Waals surface area contributed by atoms with E-state index < -0.39 is 10.5 Å². The summed E-state index contributed by atoms with van der Waals surface area (Å²) in [5.74, 6) is 0. The molecule has 0 unspecified atom stereocenters. The van der Waals surface area contributed by atoms with Gasteiger partial charge in [-0.05, 0) is 82.3 Å². The molecule has 0 spiro atoms. The molecule has 1 aliphatic carbocycles. The summed E-state index contributed by atoms with van der Waals surface area (Å²) >= 11 is 11.4. The molecule has 0 aliphatic heterocycles. The van der Waals surface area contributed by atoms with Crippen LogP contribution in [0.4, 0.5) is 0 Å². The van der Waals surface area contributed by atoms with Crippen LogP contribution in [0.2, 0.25) is 0 Å². The minimum atomic E-state index is -0.486. The minimum Gasteiger partial charge on any atom is -0.281 e. The molecule has 0 saturated heterocycles. The number of allylic oxidation sites excluding steroid dienone is 1. The molecule has 0 fully saturated rings. The fourth-order valence-corrected chi connectivity index (χ4v) is 4.02. The second-order valence-electron chi connectivity index (χ2n) is 6.56. The molecule has 0 bridgehead atoms. The monoisotopic (exact) mass is 386 g/mol. The average Bonchev–Trinajstić information content (AvgIpc) is 2.67. The SMILES string of the molecule is O=C(Cl)CC(CC(=O)Cl)=C1c2ccccc2CCCCc2ccccc21. The van der Waals surface area contributed by atoms with E-state index in [0.29, 0.717) is 5.57 Å². The molecular formula is C22H20Cl2O2. The molecule has 0 amide bonds. The van der Waals surface area contributed by atoms with Crippen LogP contribution in [-0.2, 0) is 22.4 Å². The van der Waals surface area contributed by atoms with Crippen LogP contribution in [-0.4, -0.2) is 10.5 Å². The fourth-order valence-electron chi connectivity index (χ4n) is 3.70. The van der Waals surface area contributed by atoms with Gasteiger partial charge in [-0.1, -0.05) is 48.5 Å². The Morgan fingerprint density at radius 2 is 1.15 bits per heavy atom. The van der Waals surface area contributed by atoms with Gasteiger partial charge in [0.25, 0.3) is 0 Å². The van der Waals surface area contributed by atoms with Gasteiger partial charge in [0.2, 0.25) is 10.5 Å². The first-order chi connectivity index (χ1) is 12.6.